The van der Waals surface area contributed by atoms with Crippen molar-refractivity contribution in [3.8, 4) is 0 Å². The molecule has 0 fully saturated rings. The molecule has 0 atom stereocenters. The van der Waals surface area contributed by atoms with Crippen molar-refractivity contribution in [2.24, 2.45) is 0 Å². The molecule has 2 rings (SSSR count). The van der Waals surface area contributed by atoms with Crippen molar-refractivity contribution in [3.63, 3.8) is 0 Å². The number of carbonyl (C=O) groups excluding carboxylic acids is 2. The molecule has 4 nitrogen and oxygen atoms in total. The lowest BCUT2D eigenvalue weighted by Crippen LogP contribution is -2.15. The van der Waals surface area contributed by atoms with Crippen molar-refractivity contribution < 1.29 is 22.8 Å². The van der Waals surface area contributed by atoms with Crippen molar-refractivity contribution in [2.45, 2.75) is 37.3 Å². The van der Waals surface area contributed by atoms with E-state index in [1.807, 2.05) is 6.92 Å². The Hall–Kier alpha value is -2.48. The summed E-state index contributed by atoms with van der Waals surface area (Å²) in [4.78, 5) is 24.6. The first-order chi connectivity index (χ1) is 13.3. The maximum atomic E-state index is 12.7. The third-order valence-corrected chi connectivity index (χ3v) is 4.71. The van der Waals surface area contributed by atoms with Gasteiger partial charge in [-0.15, -0.1) is 11.8 Å². The Balaban J connectivity index is 1.89. The van der Waals surface area contributed by atoms with E-state index in [4.69, 9.17) is 0 Å². The van der Waals surface area contributed by atoms with Crippen LogP contribution in [0.4, 0.5) is 24.5 Å². The first kappa shape index (κ1) is 21.8. The Morgan fingerprint density at radius 1 is 0.964 bits per heavy atom. The zero-order valence-electron chi connectivity index (χ0n) is 15.3. The third kappa shape index (κ3) is 7.26. The number of benzene rings is 2. The lowest BCUT2D eigenvalue weighted by atomic mass is 10.2. The molecule has 2 amide bonds. The maximum absolute atomic E-state index is 12.7. The largest absolute Gasteiger partial charge is 0.416 e. The van der Waals surface area contributed by atoms with Crippen LogP contribution in [0.1, 0.15) is 31.7 Å². The molecule has 0 bridgehead atoms. The van der Waals surface area contributed by atoms with Crippen LogP contribution in [-0.4, -0.2) is 17.6 Å². The van der Waals surface area contributed by atoms with Gasteiger partial charge in [-0.05, 0) is 42.8 Å². The summed E-state index contributed by atoms with van der Waals surface area (Å²) in [5, 5.41) is 5.27. The van der Waals surface area contributed by atoms with Gasteiger partial charge in [0, 0.05) is 22.7 Å². The highest BCUT2D eigenvalue weighted by Gasteiger charge is 2.30. The van der Waals surface area contributed by atoms with Gasteiger partial charge >= 0.3 is 6.18 Å². The molecule has 0 spiro atoms. The summed E-state index contributed by atoms with van der Waals surface area (Å²) in [6, 6.07) is 11.6. The van der Waals surface area contributed by atoms with Gasteiger partial charge in [0.25, 0.3) is 0 Å². The molecule has 0 radical (unpaired) electrons. The third-order valence-electron chi connectivity index (χ3n) is 3.72. The van der Waals surface area contributed by atoms with Gasteiger partial charge < -0.3 is 10.6 Å². The van der Waals surface area contributed by atoms with Crippen LogP contribution >= 0.6 is 11.8 Å². The number of carbonyl (C=O) groups is 2. The summed E-state index contributed by atoms with van der Waals surface area (Å²) in [6.45, 7) is 2.01. The number of thioether (sulfide) groups is 1. The summed E-state index contributed by atoms with van der Waals surface area (Å²) < 4.78 is 38.2. The van der Waals surface area contributed by atoms with Crippen LogP contribution in [0.2, 0.25) is 0 Å². The molecule has 0 unspecified atom stereocenters. The summed E-state index contributed by atoms with van der Waals surface area (Å²) in [7, 11) is 0. The number of hydrogen-bond donors (Lipinski definition) is 2. The Kier molecular flexibility index (Phi) is 7.92. The molecule has 0 aliphatic rings. The zero-order valence-corrected chi connectivity index (χ0v) is 16.1. The SMILES string of the molecule is CCCCC(=O)Nc1cccc(SCC(=O)Nc2cccc(C(F)(F)F)c2)c1. The molecule has 150 valence electrons. The number of rotatable bonds is 8. The number of anilines is 2. The Morgan fingerprint density at radius 3 is 2.29 bits per heavy atom. The minimum absolute atomic E-state index is 0.0312. The van der Waals surface area contributed by atoms with Gasteiger partial charge in [0.05, 0.1) is 11.3 Å². The van der Waals surface area contributed by atoms with E-state index in [-0.39, 0.29) is 17.3 Å². The molecule has 0 aromatic heterocycles. The monoisotopic (exact) mass is 410 g/mol. The molecule has 2 N–H and O–H groups in total. The number of hydrogen-bond acceptors (Lipinski definition) is 3. The van der Waals surface area contributed by atoms with Gasteiger partial charge in [0.15, 0.2) is 0 Å². The Labute approximate surface area is 165 Å². The standard InChI is InChI=1S/C20H21F3N2O2S/c1-2-3-10-18(26)24-16-8-5-9-17(12-16)28-13-19(27)25-15-7-4-6-14(11-15)20(21,22)23/h4-9,11-12H,2-3,10,13H2,1H3,(H,24,26)(H,25,27). The molecule has 0 heterocycles. The minimum Gasteiger partial charge on any atom is -0.326 e. The summed E-state index contributed by atoms with van der Waals surface area (Å²) >= 11 is 1.23. The van der Waals surface area contributed by atoms with E-state index < -0.39 is 17.6 Å². The molecule has 0 saturated carbocycles. The van der Waals surface area contributed by atoms with E-state index >= 15 is 0 Å². The molecule has 0 aliphatic carbocycles. The van der Waals surface area contributed by atoms with Crippen LogP contribution in [0.5, 0.6) is 0 Å². The lowest BCUT2D eigenvalue weighted by molar-refractivity contribution is -0.137. The topological polar surface area (TPSA) is 58.2 Å². The van der Waals surface area contributed by atoms with Gasteiger partial charge in [-0.25, -0.2) is 0 Å². The van der Waals surface area contributed by atoms with Crippen molar-refractivity contribution in [1.29, 1.82) is 0 Å². The zero-order chi connectivity index (χ0) is 20.6. The number of nitrogens with one attached hydrogen (secondary N) is 2. The van der Waals surface area contributed by atoms with E-state index in [9.17, 15) is 22.8 Å². The minimum atomic E-state index is -4.46. The van der Waals surface area contributed by atoms with Crippen LogP contribution in [0.25, 0.3) is 0 Å². The normalized spacial score (nSPS) is 11.1. The molecule has 2 aromatic rings. The fourth-order valence-corrected chi connectivity index (χ4v) is 3.10. The van der Waals surface area contributed by atoms with E-state index in [1.54, 1.807) is 24.3 Å². The quantitative estimate of drug-likeness (QED) is 0.560. The van der Waals surface area contributed by atoms with Crippen LogP contribution in [0.3, 0.4) is 0 Å². The smallest absolute Gasteiger partial charge is 0.326 e. The highest BCUT2D eigenvalue weighted by molar-refractivity contribution is 8.00. The molecule has 0 saturated heterocycles. The van der Waals surface area contributed by atoms with E-state index in [0.717, 1.165) is 29.9 Å². The fourth-order valence-electron chi connectivity index (χ4n) is 2.34. The maximum Gasteiger partial charge on any atom is 0.416 e. The van der Waals surface area contributed by atoms with Crippen molar-refractivity contribution in [2.75, 3.05) is 16.4 Å². The second-order valence-electron chi connectivity index (χ2n) is 6.09. The van der Waals surface area contributed by atoms with Gasteiger partial charge in [0.2, 0.25) is 11.8 Å². The van der Waals surface area contributed by atoms with Crippen LogP contribution < -0.4 is 10.6 Å². The summed E-state index contributed by atoms with van der Waals surface area (Å²) in [5.41, 5.74) is -0.0776. The number of halogens is 3. The highest BCUT2D eigenvalue weighted by atomic mass is 32.2. The molecule has 28 heavy (non-hydrogen) atoms. The molecule has 2 aromatic carbocycles. The van der Waals surface area contributed by atoms with Gasteiger partial charge in [0.1, 0.15) is 0 Å². The number of alkyl halides is 3. The molecule has 8 heteroatoms. The molecule has 0 aliphatic heterocycles. The van der Waals surface area contributed by atoms with E-state index in [0.29, 0.717) is 12.1 Å². The lowest BCUT2D eigenvalue weighted by Gasteiger charge is -2.10. The predicted octanol–water partition coefficient (Wildman–Crippen LogP) is 5.56. The van der Waals surface area contributed by atoms with E-state index in [2.05, 4.69) is 10.6 Å². The Bertz CT molecular complexity index is 825. The summed E-state index contributed by atoms with van der Waals surface area (Å²) in [6.07, 6.45) is -2.26. The second-order valence-corrected chi connectivity index (χ2v) is 7.14. The summed E-state index contributed by atoms with van der Waals surface area (Å²) in [5.74, 6) is -0.447. The number of unbranched alkanes of at least 4 members (excludes halogenated alkanes) is 1. The number of amides is 2. The van der Waals surface area contributed by atoms with Crippen LogP contribution in [0, 0.1) is 0 Å². The Morgan fingerprint density at radius 2 is 1.61 bits per heavy atom. The molecular formula is C20H21F3N2O2S. The van der Waals surface area contributed by atoms with Gasteiger partial charge in [-0.1, -0.05) is 25.5 Å². The van der Waals surface area contributed by atoms with Crippen molar-refractivity contribution in [3.05, 3.63) is 54.1 Å². The average molecular weight is 410 g/mol. The van der Waals surface area contributed by atoms with E-state index in [1.165, 1.54) is 23.9 Å². The van der Waals surface area contributed by atoms with Gasteiger partial charge in [-0.3, -0.25) is 9.59 Å². The molecular weight excluding hydrogens is 389 g/mol. The fraction of sp³-hybridized carbons (Fsp3) is 0.300. The van der Waals surface area contributed by atoms with Crippen LogP contribution in [0.15, 0.2) is 53.4 Å². The van der Waals surface area contributed by atoms with Gasteiger partial charge in [-0.2, -0.15) is 13.2 Å². The van der Waals surface area contributed by atoms with Crippen molar-refractivity contribution in [1.82, 2.24) is 0 Å². The first-order valence-electron chi connectivity index (χ1n) is 8.77. The average Bonchev–Trinajstić information content (AvgIpc) is 2.64. The first-order valence-corrected chi connectivity index (χ1v) is 9.76. The second kappa shape index (κ2) is 10.2. The van der Waals surface area contributed by atoms with Crippen LogP contribution in [-0.2, 0) is 15.8 Å². The van der Waals surface area contributed by atoms with Crippen molar-refractivity contribution >= 4 is 35.0 Å². The highest BCUT2D eigenvalue weighted by Crippen LogP contribution is 2.30. The predicted molar refractivity (Wildman–Crippen MR) is 105 cm³/mol.